The van der Waals surface area contributed by atoms with Gasteiger partial charge in [-0.3, -0.25) is 5.43 Å². The maximum absolute atomic E-state index is 12.7. The Bertz CT molecular complexity index is 1140. The van der Waals surface area contributed by atoms with Crippen LogP contribution in [0.2, 0.25) is 0 Å². The van der Waals surface area contributed by atoms with E-state index in [4.69, 9.17) is 17.0 Å². The summed E-state index contributed by atoms with van der Waals surface area (Å²) in [6.45, 7) is 5.84. The molecular formula is C23H28N4O3S2. The van der Waals surface area contributed by atoms with Crippen molar-refractivity contribution in [1.29, 1.82) is 0 Å². The fourth-order valence-electron chi connectivity index (χ4n) is 4.19. The molecule has 1 heterocycles. The van der Waals surface area contributed by atoms with Gasteiger partial charge in [0.1, 0.15) is 0 Å². The molecule has 0 spiro atoms. The molecule has 7 nitrogen and oxygen atoms in total. The highest BCUT2D eigenvalue weighted by molar-refractivity contribution is 7.89. The summed E-state index contributed by atoms with van der Waals surface area (Å²) in [4.78, 5) is 0.258. The number of hydrogen-bond donors (Lipinski definition) is 2. The molecule has 0 radical (unpaired) electrons. The molecule has 2 N–H and O–H groups in total. The first-order valence-corrected chi connectivity index (χ1v) is 12.6. The number of nitrogens with zero attached hydrogens (tertiary/aromatic N) is 2. The molecule has 2 aromatic carbocycles. The van der Waals surface area contributed by atoms with Crippen molar-refractivity contribution in [2.75, 3.05) is 31.6 Å². The lowest BCUT2D eigenvalue weighted by Crippen LogP contribution is -2.40. The molecule has 1 saturated heterocycles. The summed E-state index contributed by atoms with van der Waals surface area (Å²) in [6.07, 6.45) is 3.04. The number of anilines is 1. The van der Waals surface area contributed by atoms with E-state index < -0.39 is 10.0 Å². The minimum atomic E-state index is -3.51. The number of hydrogen-bond acceptors (Lipinski definition) is 5. The van der Waals surface area contributed by atoms with Gasteiger partial charge in [-0.1, -0.05) is 11.6 Å². The van der Waals surface area contributed by atoms with Gasteiger partial charge in [-0.05, 0) is 86.8 Å². The SMILES string of the molecule is Cc1cc(C)c2c(c1)/C(=N/NC(=S)Nc1ccc(S(=O)(=O)N3CCOCC3)cc1)CCC2. The van der Waals surface area contributed by atoms with Crippen molar-refractivity contribution < 1.29 is 13.2 Å². The van der Waals surface area contributed by atoms with Crippen LogP contribution in [-0.2, 0) is 21.2 Å². The Morgan fingerprint density at radius 2 is 1.81 bits per heavy atom. The summed E-state index contributed by atoms with van der Waals surface area (Å²) in [7, 11) is -3.51. The Kier molecular flexibility index (Phi) is 6.90. The highest BCUT2D eigenvalue weighted by Gasteiger charge is 2.26. The van der Waals surface area contributed by atoms with Gasteiger partial charge in [0.25, 0.3) is 0 Å². The van der Waals surface area contributed by atoms with Crippen molar-refractivity contribution in [2.24, 2.45) is 5.10 Å². The summed E-state index contributed by atoms with van der Waals surface area (Å²) in [6, 6.07) is 11.0. The topological polar surface area (TPSA) is 83.0 Å². The Balaban J connectivity index is 1.41. The number of nitrogens with one attached hydrogen (secondary N) is 2. The summed E-state index contributed by atoms with van der Waals surface area (Å²) >= 11 is 5.39. The Labute approximate surface area is 194 Å². The third-order valence-corrected chi connectivity index (χ3v) is 7.89. The van der Waals surface area contributed by atoms with E-state index in [-0.39, 0.29) is 4.90 Å². The standard InChI is InChI=1S/C23H28N4O3S2/c1-16-14-17(2)20-4-3-5-22(21(20)15-16)25-26-23(31)24-18-6-8-19(9-7-18)32(28,29)27-10-12-30-13-11-27/h6-9,14-15H,3-5,10-13H2,1-2H3,(H2,24,26,31)/b25-22+. The van der Waals surface area contributed by atoms with Gasteiger partial charge < -0.3 is 10.1 Å². The fourth-order valence-corrected chi connectivity index (χ4v) is 5.77. The molecule has 32 heavy (non-hydrogen) atoms. The van der Waals surface area contributed by atoms with Crippen molar-refractivity contribution in [3.05, 3.63) is 58.7 Å². The van der Waals surface area contributed by atoms with Gasteiger partial charge in [-0.15, -0.1) is 0 Å². The van der Waals surface area contributed by atoms with Crippen LogP contribution in [0.4, 0.5) is 5.69 Å². The molecule has 0 saturated carbocycles. The van der Waals surface area contributed by atoms with Crippen molar-refractivity contribution in [1.82, 2.24) is 9.73 Å². The molecule has 1 aliphatic heterocycles. The number of aryl methyl sites for hydroxylation is 2. The lowest BCUT2D eigenvalue weighted by atomic mass is 9.86. The van der Waals surface area contributed by atoms with Crippen LogP contribution >= 0.6 is 12.2 Å². The van der Waals surface area contributed by atoms with Gasteiger partial charge in [0.15, 0.2) is 5.11 Å². The highest BCUT2D eigenvalue weighted by atomic mass is 32.2. The van der Waals surface area contributed by atoms with Crippen LogP contribution in [0.5, 0.6) is 0 Å². The Morgan fingerprint density at radius 1 is 1.09 bits per heavy atom. The number of sulfonamides is 1. The minimum Gasteiger partial charge on any atom is -0.379 e. The highest BCUT2D eigenvalue weighted by Crippen LogP contribution is 2.26. The number of thiocarbonyl (C=S) groups is 1. The quantitative estimate of drug-likeness (QED) is 0.525. The number of fused-ring (bicyclic) bond motifs is 1. The molecule has 1 fully saturated rings. The molecule has 0 atom stereocenters. The van der Waals surface area contributed by atoms with Crippen LogP contribution in [0.3, 0.4) is 0 Å². The van der Waals surface area contributed by atoms with Crippen LogP contribution in [0.15, 0.2) is 46.4 Å². The maximum Gasteiger partial charge on any atom is 0.243 e. The first-order chi connectivity index (χ1) is 15.3. The fraction of sp³-hybridized carbons (Fsp3) is 0.391. The molecule has 0 amide bonds. The largest absolute Gasteiger partial charge is 0.379 e. The second-order valence-electron chi connectivity index (χ2n) is 8.13. The van der Waals surface area contributed by atoms with Crippen molar-refractivity contribution in [2.45, 2.75) is 38.0 Å². The van der Waals surface area contributed by atoms with Crippen molar-refractivity contribution in [3.8, 4) is 0 Å². The molecule has 1 aliphatic carbocycles. The summed E-state index contributed by atoms with van der Waals surface area (Å²) < 4.78 is 32.2. The summed E-state index contributed by atoms with van der Waals surface area (Å²) in [5.74, 6) is 0. The van der Waals surface area contributed by atoms with Gasteiger partial charge in [-0.25, -0.2) is 8.42 Å². The monoisotopic (exact) mass is 472 g/mol. The van der Waals surface area contributed by atoms with E-state index in [0.29, 0.717) is 37.1 Å². The molecule has 2 aromatic rings. The summed E-state index contributed by atoms with van der Waals surface area (Å²) in [5.41, 5.74) is 9.73. The van der Waals surface area contributed by atoms with E-state index in [1.807, 2.05) is 0 Å². The van der Waals surface area contributed by atoms with Crippen LogP contribution < -0.4 is 10.7 Å². The zero-order chi connectivity index (χ0) is 22.7. The summed E-state index contributed by atoms with van der Waals surface area (Å²) in [5, 5.41) is 8.00. The third kappa shape index (κ3) is 5.01. The Hall–Kier alpha value is -2.33. The average molecular weight is 473 g/mol. The average Bonchev–Trinajstić information content (AvgIpc) is 2.79. The molecule has 4 rings (SSSR count). The third-order valence-electron chi connectivity index (χ3n) is 5.78. The first-order valence-electron chi connectivity index (χ1n) is 10.8. The van der Waals surface area contributed by atoms with E-state index in [2.05, 4.69) is 41.8 Å². The minimum absolute atomic E-state index is 0.258. The Morgan fingerprint density at radius 3 is 2.53 bits per heavy atom. The molecule has 9 heteroatoms. The van der Waals surface area contributed by atoms with Gasteiger partial charge in [0.2, 0.25) is 10.0 Å². The number of benzene rings is 2. The number of morpholine rings is 1. The molecule has 0 bridgehead atoms. The second kappa shape index (κ2) is 9.66. The first kappa shape index (κ1) is 22.8. The van der Waals surface area contributed by atoms with Crippen LogP contribution in [-0.4, -0.2) is 49.9 Å². The van der Waals surface area contributed by atoms with E-state index >= 15 is 0 Å². The van der Waals surface area contributed by atoms with E-state index in [1.165, 1.54) is 26.6 Å². The number of rotatable bonds is 4. The van der Waals surface area contributed by atoms with Crippen LogP contribution in [0.1, 0.15) is 35.1 Å². The molecule has 0 aromatic heterocycles. The zero-order valence-corrected chi connectivity index (χ0v) is 20.0. The smallest absolute Gasteiger partial charge is 0.243 e. The van der Waals surface area contributed by atoms with Crippen molar-refractivity contribution in [3.63, 3.8) is 0 Å². The van der Waals surface area contributed by atoms with Gasteiger partial charge >= 0.3 is 0 Å². The number of ether oxygens (including phenoxy) is 1. The molecule has 2 aliphatic rings. The normalized spacial score (nSPS) is 18.2. The lowest BCUT2D eigenvalue weighted by molar-refractivity contribution is 0.0730. The molecular weight excluding hydrogens is 444 g/mol. The number of hydrazone groups is 1. The van der Waals surface area contributed by atoms with E-state index in [0.717, 1.165) is 25.0 Å². The molecule has 170 valence electrons. The predicted molar refractivity (Wildman–Crippen MR) is 131 cm³/mol. The van der Waals surface area contributed by atoms with Gasteiger partial charge in [-0.2, -0.15) is 9.41 Å². The maximum atomic E-state index is 12.7. The van der Waals surface area contributed by atoms with Gasteiger partial charge in [0.05, 0.1) is 23.8 Å². The second-order valence-corrected chi connectivity index (χ2v) is 10.5. The lowest BCUT2D eigenvalue weighted by Gasteiger charge is -2.26. The predicted octanol–water partition coefficient (Wildman–Crippen LogP) is 3.35. The van der Waals surface area contributed by atoms with E-state index in [1.54, 1.807) is 24.3 Å². The van der Waals surface area contributed by atoms with Crippen LogP contribution in [0.25, 0.3) is 0 Å². The van der Waals surface area contributed by atoms with Crippen molar-refractivity contribution >= 4 is 38.8 Å². The zero-order valence-electron chi connectivity index (χ0n) is 18.3. The van der Waals surface area contributed by atoms with E-state index in [9.17, 15) is 8.42 Å². The molecule has 0 unspecified atom stereocenters. The van der Waals surface area contributed by atoms with Crippen LogP contribution in [0, 0.1) is 13.8 Å². The van der Waals surface area contributed by atoms with Gasteiger partial charge in [0, 0.05) is 24.3 Å².